The summed E-state index contributed by atoms with van der Waals surface area (Å²) >= 11 is 0. The largest absolute Gasteiger partial charge is 0.344 e. The van der Waals surface area contributed by atoms with Crippen LogP contribution in [0.25, 0.3) is 0 Å². The van der Waals surface area contributed by atoms with Crippen LogP contribution in [-0.2, 0) is 4.79 Å². The highest BCUT2D eigenvalue weighted by atomic mass is 16.2. The molecule has 1 heterocycles. The first-order valence-electron chi connectivity index (χ1n) is 7.38. The lowest BCUT2D eigenvalue weighted by molar-refractivity contribution is -0.132. The Bertz CT molecular complexity index is 253. The number of nitrogens with zero attached hydrogens (tertiary/aromatic N) is 1. The number of rotatable bonds is 6. The number of hydrogen-bond acceptors (Lipinski definition) is 2. The third kappa shape index (κ3) is 5.38. The average Bonchev–Trinajstić information content (AvgIpc) is 2.21. The van der Waals surface area contributed by atoms with E-state index in [-0.39, 0.29) is 5.91 Å². The van der Waals surface area contributed by atoms with Crippen LogP contribution >= 0.6 is 0 Å². The van der Waals surface area contributed by atoms with Crippen molar-refractivity contribution in [2.75, 3.05) is 13.6 Å². The van der Waals surface area contributed by atoms with Crippen molar-refractivity contribution < 1.29 is 4.79 Å². The normalized spacial score (nSPS) is 21.4. The van der Waals surface area contributed by atoms with Gasteiger partial charge in [-0.2, -0.15) is 0 Å². The van der Waals surface area contributed by atoms with Crippen molar-refractivity contribution in [3.63, 3.8) is 0 Å². The third-order valence-electron chi connectivity index (χ3n) is 3.61. The van der Waals surface area contributed by atoms with Crippen LogP contribution in [0.5, 0.6) is 0 Å². The smallest absolute Gasteiger partial charge is 0.222 e. The zero-order valence-corrected chi connectivity index (χ0v) is 12.7. The van der Waals surface area contributed by atoms with Gasteiger partial charge in [-0.3, -0.25) is 4.79 Å². The Kier molecular flexibility index (Phi) is 6.13. The van der Waals surface area contributed by atoms with Gasteiger partial charge in [0.2, 0.25) is 5.91 Å². The van der Waals surface area contributed by atoms with Gasteiger partial charge in [-0.1, -0.05) is 27.7 Å². The number of carbonyl (C=O) groups excluding carboxylic acids is 1. The van der Waals surface area contributed by atoms with Crippen LogP contribution in [0.4, 0.5) is 0 Å². The maximum atomic E-state index is 11.5. The van der Waals surface area contributed by atoms with Crippen molar-refractivity contribution in [1.82, 2.24) is 10.2 Å². The molecule has 1 N–H and O–H groups in total. The first-order chi connectivity index (χ1) is 8.38. The minimum absolute atomic E-state index is 0.289. The van der Waals surface area contributed by atoms with E-state index in [4.69, 9.17) is 0 Å². The molecule has 3 heteroatoms. The highest BCUT2D eigenvalue weighted by molar-refractivity contribution is 5.76. The van der Waals surface area contributed by atoms with Crippen LogP contribution in [0.15, 0.2) is 0 Å². The molecule has 0 radical (unpaired) electrons. The predicted octanol–water partition coefficient (Wildman–Crippen LogP) is 2.66. The molecule has 106 valence electrons. The van der Waals surface area contributed by atoms with Gasteiger partial charge in [0.15, 0.2) is 0 Å². The number of amides is 1. The number of likely N-dealkylation sites (N-methyl/N-ethyl adjacent to an activating group) is 1. The molecule has 0 saturated carbocycles. The molecular weight excluding hydrogens is 224 g/mol. The number of carbonyl (C=O) groups is 1. The first-order valence-corrected chi connectivity index (χ1v) is 7.38. The van der Waals surface area contributed by atoms with E-state index in [0.29, 0.717) is 18.5 Å². The second-order valence-electron chi connectivity index (χ2n) is 6.63. The van der Waals surface area contributed by atoms with Gasteiger partial charge in [0, 0.05) is 32.1 Å². The molecule has 0 aromatic carbocycles. The Labute approximate surface area is 112 Å². The van der Waals surface area contributed by atoms with Crippen molar-refractivity contribution in [3.05, 3.63) is 0 Å². The fraction of sp³-hybridized carbons (Fsp3) is 0.933. The number of hydrogen-bond donors (Lipinski definition) is 1. The molecule has 0 spiro atoms. The highest BCUT2D eigenvalue weighted by Gasteiger charge is 2.25. The van der Waals surface area contributed by atoms with E-state index in [2.05, 4.69) is 33.0 Å². The van der Waals surface area contributed by atoms with Gasteiger partial charge >= 0.3 is 0 Å². The molecule has 1 amide bonds. The SMILES string of the molecule is CC(C)CC(CC(C)C)NC1CCC(=O)N(C)C1. The van der Waals surface area contributed by atoms with Gasteiger partial charge in [0.1, 0.15) is 0 Å². The average molecular weight is 254 g/mol. The second kappa shape index (κ2) is 7.13. The summed E-state index contributed by atoms with van der Waals surface area (Å²) in [5.41, 5.74) is 0. The standard InChI is InChI=1S/C15H30N2O/c1-11(2)8-14(9-12(3)4)16-13-6-7-15(18)17(5)10-13/h11-14,16H,6-10H2,1-5H3. The topological polar surface area (TPSA) is 32.3 Å². The zero-order valence-electron chi connectivity index (χ0n) is 12.7. The van der Waals surface area contributed by atoms with E-state index in [0.717, 1.165) is 24.8 Å². The Morgan fingerprint density at radius 2 is 1.78 bits per heavy atom. The number of nitrogens with one attached hydrogen (secondary N) is 1. The summed E-state index contributed by atoms with van der Waals surface area (Å²) in [5, 5.41) is 3.78. The summed E-state index contributed by atoms with van der Waals surface area (Å²) < 4.78 is 0. The maximum Gasteiger partial charge on any atom is 0.222 e. The lowest BCUT2D eigenvalue weighted by Crippen LogP contribution is -2.50. The molecule has 1 rings (SSSR count). The zero-order chi connectivity index (χ0) is 13.7. The van der Waals surface area contributed by atoms with Crippen LogP contribution in [0, 0.1) is 11.8 Å². The minimum atomic E-state index is 0.289. The van der Waals surface area contributed by atoms with Gasteiger partial charge in [-0.25, -0.2) is 0 Å². The van der Waals surface area contributed by atoms with E-state index in [1.165, 1.54) is 12.8 Å². The first kappa shape index (κ1) is 15.5. The molecule has 1 aliphatic rings. The molecule has 18 heavy (non-hydrogen) atoms. The summed E-state index contributed by atoms with van der Waals surface area (Å²) in [4.78, 5) is 13.3. The van der Waals surface area contributed by atoms with Gasteiger partial charge < -0.3 is 10.2 Å². The van der Waals surface area contributed by atoms with Gasteiger partial charge in [-0.15, -0.1) is 0 Å². The molecular formula is C15H30N2O. The highest BCUT2D eigenvalue weighted by Crippen LogP contribution is 2.17. The molecule has 1 fully saturated rings. The fourth-order valence-corrected chi connectivity index (χ4v) is 2.85. The molecule has 1 unspecified atom stereocenters. The molecule has 0 aromatic heterocycles. The van der Waals surface area contributed by atoms with Crippen LogP contribution in [0.2, 0.25) is 0 Å². The van der Waals surface area contributed by atoms with Crippen LogP contribution in [0.1, 0.15) is 53.4 Å². The van der Waals surface area contributed by atoms with E-state index in [9.17, 15) is 4.79 Å². The van der Waals surface area contributed by atoms with Gasteiger partial charge in [0.05, 0.1) is 0 Å². The maximum absolute atomic E-state index is 11.5. The molecule has 0 bridgehead atoms. The van der Waals surface area contributed by atoms with Gasteiger partial charge in [-0.05, 0) is 31.1 Å². The molecule has 1 aliphatic heterocycles. The molecule has 3 nitrogen and oxygen atoms in total. The minimum Gasteiger partial charge on any atom is -0.344 e. The summed E-state index contributed by atoms with van der Waals surface area (Å²) in [6, 6.07) is 1.08. The number of likely N-dealkylation sites (tertiary alicyclic amines) is 1. The Hall–Kier alpha value is -0.570. The monoisotopic (exact) mass is 254 g/mol. The summed E-state index contributed by atoms with van der Waals surface area (Å²) in [7, 11) is 1.91. The van der Waals surface area contributed by atoms with Crippen LogP contribution in [-0.4, -0.2) is 36.5 Å². The Morgan fingerprint density at radius 1 is 1.22 bits per heavy atom. The van der Waals surface area contributed by atoms with Crippen LogP contribution < -0.4 is 5.32 Å². The van der Waals surface area contributed by atoms with E-state index in [1.54, 1.807) is 0 Å². The van der Waals surface area contributed by atoms with Crippen LogP contribution in [0.3, 0.4) is 0 Å². The molecule has 0 aromatic rings. The van der Waals surface area contributed by atoms with Crippen molar-refractivity contribution in [3.8, 4) is 0 Å². The molecule has 1 atom stereocenters. The van der Waals surface area contributed by atoms with E-state index in [1.807, 2.05) is 11.9 Å². The summed E-state index contributed by atoms with van der Waals surface area (Å²) in [6.45, 7) is 10.00. The fourth-order valence-electron chi connectivity index (χ4n) is 2.85. The van der Waals surface area contributed by atoms with Crippen molar-refractivity contribution in [2.45, 2.75) is 65.5 Å². The van der Waals surface area contributed by atoms with Crippen molar-refractivity contribution >= 4 is 5.91 Å². The van der Waals surface area contributed by atoms with Gasteiger partial charge in [0.25, 0.3) is 0 Å². The summed E-state index contributed by atoms with van der Waals surface area (Å²) in [5.74, 6) is 1.74. The third-order valence-corrected chi connectivity index (χ3v) is 3.61. The lowest BCUT2D eigenvalue weighted by Gasteiger charge is -2.34. The quantitative estimate of drug-likeness (QED) is 0.790. The lowest BCUT2D eigenvalue weighted by atomic mass is 9.94. The molecule has 1 saturated heterocycles. The Morgan fingerprint density at radius 3 is 2.22 bits per heavy atom. The van der Waals surface area contributed by atoms with Crippen molar-refractivity contribution in [2.24, 2.45) is 11.8 Å². The Balaban J connectivity index is 2.46. The van der Waals surface area contributed by atoms with Crippen molar-refractivity contribution in [1.29, 1.82) is 0 Å². The second-order valence-corrected chi connectivity index (χ2v) is 6.63. The molecule has 0 aliphatic carbocycles. The van der Waals surface area contributed by atoms with E-state index >= 15 is 0 Å². The predicted molar refractivity (Wildman–Crippen MR) is 76.5 cm³/mol. The van der Waals surface area contributed by atoms with E-state index < -0.39 is 0 Å². The number of piperidine rings is 1. The summed E-state index contributed by atoms with van der Waals surface area (Å²) in [6.07, 6.45) is 4.15.